The van der Waals surface area contributed by atoms with Gasteiger partial charge < -0.3 is 15.0 Å². The fourth-order valence-corrected chi connectivity index (χ4v) is 4.82. The lowest BCUT2D eigenvalue weighted by molar-refractivity contribution is 0.473. The van der Waals surface area contributed by atoms with E-state index in [1.165, 1.54) is 6.07 Å². The number of amidine groups is 1. The average molecular weight is 426 g/mol. The first-order valence-corrected chi connectivity index (χ1v) is 11.2. The Morgan fingerprint density at radius 1 is 1.13 bits per heavy atom. The van der Waals surface area contributed by atoms with Crippen molar-refractivity contribution in [3.8, 4) is 5.75 Å². The number of anilines is 1. The Morgan fingerprint density at radius 3 is 2.60 bits per heavy atom. The number of sulfonamides is 1. The van der Waals surface area contributed by atoms with Gasteiger partial charge in [0.15, 0.2) is 5.84 Å². The number of pyridine rings is 1. The number of nitrogens with zero attached hydrogens (tertiary/aromatic N) is 2. The van der Waals surface area contributed by atoms with Crippen molar-refractivity contribution in [2.24, 2.45) is 10.3 Å². The minimum absolute atomic E-state index is 0.0327. The lowest BCUT2D eigenvalue weighted by Crippen LogP contribution is -2.33. The Labute approximate surface area is 174 Å². The number of para-hydroxylation sites is 1. The van der Waals surface area contributed by atoms with E-state index in [0.717, 1.165) is 12.0 Å². The lowest BCUT2D eigenvalue weighted by atomic mass is 10.0. The molecule has 0 radical (unpaired) electrons. The molecular formula is C22H23N3O4S. The van der Waals surface area contributed by atoms with E-state index in [-0.39, 0.29) is 22.0 Å². The zero-order valence-corrected chi connectivity index (χ0v) is 17.8. The van der Waals surface area contributed by atoms with Crippen LogP contribution in [0.5, 0.6) is 5.75 Å². The number of rotatable bonds is 4. The summed E-state index contributed by atoms with van der Waals surface area (Å²) in [6, 6.07) is 11.8. The Bertz CT molecular complexity index is 1350. The molecule has 4 rings (SSSR count). The molecule has 0 bridgehead atoms. The molecule has 1 aromatic heterocycles. The third kappa shape index (κ3) is 3.27. The van der Waals surface area contributed by atoms with Gasteiger partial charge in [0, 0.05) is 11.9 Å². The van der Waals surface area contributed by atoms with Gasteiger partial charge in [0.05, 0.1) is 11.2 Å². The van der Waals surface area contributed by atoms with E-state index in [1.54, 1.807) is 28.8 Å². The molecule has 1 aliphatic rings. The monoisotopic (exact) mass is 425 g/mol. The molecule has 0 saturated heterocycles. The van der Waals surface area contributed by atoms with Gasteiger partial charge in [-0.2, -0.15) is 8.42 Å². The highest BCUT2D eigenvalue weighted by Gasteiger charge is 2.29. The van der Waals surface area contributed by atoms with Crippen molar-refractivity contribution in [3.63, 3.8) is 0 Å². The number of nitrogens with one attached hydrogen (secondary N) is 1. The highest BCUT2D eigenvalue weighted by Crippen LogP contribution is 2.33. The maximum Gasteiger partial charge on any atom is 0.286 e. The number of fused-ring (bicyclic) bond motifs is 2. The van der Waals surface area contributed by atoms with Crippen LogP contribution in [0.4, 0.5) is 5.69 Å². The molecule has 7 nitrogen and oxygen atoms in total. The molecule has 156 valence electrons. The summed E-state index contributed by atoms with van der Waals surface area (Å²) in [7, 11) is -4.01. The van der Waals surface area contributed by atoms with E-state index in [4.69, 9.17) is 0 Å². The van der Waals surface area contributed by atoms with Gasteiger partial charge in [-0.25, -0.2) is 0 Å². The van der Waals surface area contributed by atoms with Crippen molar-refractivity contribution in [2.75, 3.05) is 5.32 Å². The Hall–Kier alpha value is -3.13. The second kappa shape index (κ2) is 7.28. The van der Waals surface area contributed by atoms with Crippen LogP contribution in [0.25, 0.3) is 10.9 Å². The van der Waals surface area contributed by atoms with Crippen LogP contribution in [0.15, 0.2) is 56.6 Å². The molecule has 0 atom stereocenters. The third-order valence-corrected chi connectivity index (χ3v) is 6.61. The van der Waals surface area contributed by atoms with Gasteiger partial charge >= 0.3 is 0 Å². The smallest absolute Gasteiger partial charge is 0.286 e. The zero-order valence-electron chi connectivity index (χ0n) is 17.0. The molecule has 2 aromatic carbocycles. The first-order chi connectivity index (χ1) is 14.2. The Balaban J connectivity index is 2.02. The van der Waals surface area contributed by atoms with Gasteiger partial charge in [0.2, 0.25) is 0 Å². The summed E-state index contributed by atoms with van der Waals surface area (Å²) in [5.41, 5.74) is 1.09. The number of aromatic nitrogens is 1. The molecule has 0 saturated carbocycles. The summed E-state index contributed by atoms with van der Waals surface area (Å²) in [5.74, 6) is -0.0687. The van der Waals surface area contributed by atoms with E-state index in [1.807, 2.05) is 19.1 Å². The Morgan fingerprint density at radius 2 is 1.87 bits per heavy atom. The summed E-state index contributed by atoms with van der Waals surface area (Å²) in [6.07, 6.45) is 0.758. The van der Waals surface area contributed by atoms with E-state index < -0.39 is 15.6 Å². The number of hydrogen-bond donors (Lipinski definition) is 2. The van der Waals surface area contributed by atoms with Crippen LogP contribution in [0, 0.1) is 12.8 Å². The summed E-state index contributed by atoms with van der Waals surface area (Å²) in [5, 5.41) is 14.5. The molecule has 3 aromatic rings. The van der Waals surface area contributed by atoms with Crippen molar-refractivity contribution in [2.45, 2.75) is 38.6 Å². The number of aromatic hydroxyl groups is 1. The minimum Gasteiger partial charge on any atom is -0.506 e. The van der Waals surface area contributed by atoms with E-state index >= 15 is 0 Å². The van der Waals surface area contributed by atoms with Gasteiger partial charge in [0.1, 0.15) is 16.2 Å². The number of benzene rings is 2. The first-order valence-electron chi connectivity index (χ1n) is 9.77. The molecular weight excluding hydrogens is 402 g/mol. The number of aryl methyl sites for hydroxylation is 2. The maximum atomic E-state index is 13.4. The molecule has 0 spiro atoms. The lowest BCUT2D eigenvalue weighted by Gasteiger charge is -2.21. The molecule has 0 amide bonds. The first kappa shape index (κ1) is 20.2. The van der Waals surface area contributed by atoms with Crippen LogP contribution in [0.3, 0.4) is 0 Å². The standard InChI is InChI=1S/C22H23N3O4S/c1-13(2)11-12-25-16-9-6-7-14(3)18(16)20(26)19(22(25)27)21-23-15-8-4-5-10-17(15)30(28,29)24-21/h4-10,13,26H,11-12H2,1-3H3,(H,23,24). The highest BCUT2D eigenvalue weighted by atomic mass is 32.2. The molecule has 2 N–H and O–H groups in total. The normalized spacial score (nSPS) is 15.0. The average Bonchev–Trinajstić information content (AvgIpc) is 2.67. The van der Waals surface area contributed by atoms with Crippen LogP contribution in [0.1, 0.15) is 31.4 Å². The van der Waals surface area contributed by atoms with Crippen LogP contribution in [-0.2, 0) is 16.6 Å². The van der Waals surface area contributed by atoms with Crippen molar-refractivity contribution < 1.29 is 13.5 Å². The fourth-order valence-electron chi connectivity index (χ4n) is 3.70. The molecule has 1 aliphatic heterocycles. The predicted octanol–water partition coefficient (Wildman–Crippen LogP) is 3.62. The van der Waals surface area contributed by atoms with Crippen LogP contribution >= 0.6 is 0 Å². The number of hydrogen-bond acceptors (Lipinski definition) is 5. The van der Waals surface area contributed by atoms with Gasteiger partial charge in [0.25, 0.3) is 15.6 Å². The van der Waals surface area contributed by atoms with Crippen molar-refractivity contribution in [1.29, 1.82) is 0 Å². The molecule has 0 unspecified atom stereocenters. The van der Waals surface area contributed by atoms with E-state index in [2.05, 4.69) is 23.6 Å². The molecule has 30 heavy (non-hydrogen) atoms. The molecule has 0 aliphatic carbocycles. The minimum atomic E-state index is -4.01. The molecule has 2 heterocycles. The van der Waals surface area contributed by atoms with Crippen LogP contribution < -0.4 is 10.9 Å². The fraction of sp³-hybridized carbons (Fsp3) is 0.273. The second-order valence-electron chi connectivity index (χ2n) is 7.87. The molecule has 0 fully saturated rings. The maximum absolute atomic E-state index is 13.4. The SMILES string of the molecule is Cc1cccc2c1c(O)c(C1=NS(=O)(=O)c3ccccc3N1)c(=O)n2CCC(C)C. The van der Waals surface area contributed by atoms with Gasteiger partial charge in [-0.3, -0.25) is 4.79 Å². The zero-order chi connectivity index (χ0) is 21.6. The van der Waals surface area contributed by atoms with Crippen LogP contribution in [0.2, 0.25) is 0 Å². The quantitative estimate of drug-likeness (QED) is 0.665. The van der Waals surface area contributed by atoms with Crippen LogP contribution in [-0.4, -0.2) is 23.9 Å². The van der Waals surface area contributed by atoms with Gasteiger partial charge in [-0.15, -0.1) is 4.40 Å². The van der Waals surface area contributed by atoms with Crippen molar-refractivity contribution in [1.82, 2.24) is 4.57 Å². The summed E-state index contributed by atoms with van der Waals surface area (Å²) < 4.78 is 30.8. The topological polar surface area (TPSA) is 101 Å². The molecule has 8 heteroatoms. The summed E-state index contributed by atoms with van der Waals surface area (Å²) >= 11 is 0. The largest absolute Gasteiger partial charge is 0.506 e. The van der Waals surface area contributed by atoms with E-state index in [0.29, 0.717) is 29.1 Å². The Kier molecular flexibility index (Phi) is 4.89. The van der Waals surface area contributed by atoms with Gasteiger partial charge in [-0.1, -0.05) is 38.1 Å². The van der Waals surface area contributed by atoms with E-state index in [9.17, 15) is 18.3 Å². The summed E-state index contributed by atoms with van der Waals surface area (Å²) in [6.45, 7) is 6.41. The van der Waals surface area contributed by atoms with Gasteiger partial charge in [-0.05, 0) is 43.0 Å². The van der Waals surface area contributed by atoms with Crippen molar-refractivity contribution >= 4 is 32.4 Å². The predicted molar refractivity (Wildman–Crippen MR) is 118 cm³/mol. The highest BCUT2D eigenvalue weighted by molar-refractivity contribution is 7.90. The summed E-state index contributed by atoms with van der Waals surface area (Å²) in [4.78, 5) is 13.5. The third-order valence-electron chi connectivity index (χ3n) is 5.27. The van der Waals surface area contributed by atoms with Crippen molar-refractivity contribution in [3.05, 3.63) is 63.9 Å². The second-order valence-corrected chi connectivity index (χ2v) is 9.44.